The van der Waals surface area contributed by atoms with Crippen LogP contribution in [0.1, 0.15) is 48.0 Å². The highest BCUT2D eigenvalue weighted by Crippen LogP contribution is 2.09. The summed E-state index contributed by atoms with van der Waals surface area (Å²) in [7, 11) is 1.76. The molecule has 0 fully saturated rings. The number of hydrogen-bond acceptors (Lipinski definition) is 3. The van der Waals surface area contributed by atoms with Crippen LogP contribution in [0.5, 0.6) is 0 Å². The number of carbonyl (C=O) groups excluding carboxylic acids is 2. The third-order valence-electron chi connectivity index (χ3n) is 2.98. The third-order valence-corrected chi connectivity index (χ3v) is 2.98. The zero-order valence-corrected chi connectivity index (χ0v) is 13.2. The van der Waals surface area contributed by atoms with Crippen LogP contribution >= 0.6 is 0 Å². The van der Waals surface area contributed by atoms with Gasteiger partial charge in [0.1, 0.15) is 5.60 Å². The van der Waals surface area contributed by atoms with Crippen molar-refractivity contribution in [3.05, 3.63) is 0 Å². The molecule has 2 atom stereocenters. The van der Waals surface area contributed by atoms with Gasteiger partial charge < -0.3 is 15.0 Å². The number of nitrogens with one attached hydrogen (secondary N) is 1. The maximum absolute atomic E-state index is 12.0. The van der Waals surface area contributed by atoms with Crippen LogP contribution in [0.2, 0.25) is 0 Å². The van der Waals surface area contributed by atoms with Crippen LogP contribution in [0.25, 0.3) is 0 Å². The third kappa shape index (κ3) is 7.03. The Kier molecular flexibility index (Phi) is 6.87. The highest BCUT2D eigenvalue weighted by molar-refractivity contribution is 5.78. The Bertz CT molecular complexity index is 310. The average Bonchev–Trinajstić information content (AvgIpc) is 2.30. The molecule has 19 heavy (non-hydrogen) atoms. The SMILES string of the molecule is CC[C@H](C)C(=O)N(C)[C@@H](C)CNC(=O)OC(C)(C)C. The van der Waals surface area contributed by atoms with Gasteiger partial charge in [-0.25, -0.2) is 4.79 Å². The van der Waals surface area contributed by atoms with Gasteiger partial charge in [-0.1, -0.05) is 13.8 Å². The molecule has 0 rings (SSSR count). The molecule has 0 saturated heterocycles. The van der Waals surface area contributed by atoms with Gasteiger partial charge in [0.25, 0.3) is 0 Å². The van der Waals surface area contributed by atoms with E-state index in [0.717, 1.165) is 6.42 Å². The lowest BCUT2D eigenvalue weighted by molar-refractivity contribution is -0.135. The Labute approximate surface area is 116 Å². The summed E-state index contributed by atoms with van der Waals surface area (Å²) in [5.41, 5.74) is -0.508. The zero-order chi connectivity index (χ0) is 15.2. The van der Waals surface area contributed by atoms with Gasteiger partial charge in [0.05, 0.1) is 0 Å². The Morgan fingerprint density at radius 1 is 1.26 bits per heavy atom. The number of rotatable bonds is 5. The predicted octanol–water partition coefficient (Wildman–Crippen LogP) is 2.40. The number of carbonyl (C=O) groups is 2. The van der Waals surface area contributed by atoms with Crippen LogP contribution in [-0.2, 0) is 9.53 Å². The molecule has 2 amide bonds. The Hall–Kier alpha value is -1.26. The monoisotopic (exact) mass is 272 g/mol. The van der Waals surface area contributed by atoms with E-state index in [1.165, 1.54) is 0 Å². The average molecular weight is 272 g/mol. The summed E-state index contributed by atoms with van der Waals surface area (Å²) in [6.45, 7) is 11.6. The summed E-state index contributed by atoms with van der Waals surface area (Å²) in [5, 5.41) is 2.68. The minimum Gasteiger partial charge on any atom is -0.444 e. The van der Waals surface area contributed by atoms with Crippen LogP contribution in [0.3, 0.4) is 0 Å². The van der Waals surface area contributed by atoms with Crippen molar-refractivity contribution in [1.82, 2.24) is 10.2 Å². The second-order valence-electron chi connectivity index (χ2n) is 5.99. The number of ether oxygens (including phenoxy) is 1. The van der Waals surface area contributed by atoms with E-state index in [-0.39, 0.29) is 17.9 Å². The summed E-state index contributed by atoms with van der Waals surface area (Å²) in [5.74, 6) is 0.106. The number of nitrogens with zero attached hydrogens (tertiary/aromatic N) is 1. The fourth-order valence-electron chi connectivity index (χ4n) is 1.42. The minimum absolute atomic E-state index is 0.00831. The van der Waals surface area contributed by atoms with Crippen molar-refractivity contribution >= 4 is 12.0 Å². The normalized spacial score (nSPS) is 14.5. The molecule has 0 spiro atoms. The molecular formula is C14H28N2O3. The van der Waals surface area contributed by atoms with E-state index in [1.54, 1.807) is 11.9 Å². The van der Waals surface area contributed by atoms with Crippen LogP contribution in [0, 0.1) is 5.92 Å². The predicted molar refractivity (Wildman–Crippen MR) is 75.9 cm³/mol. The molecule has 0 saturated carbocycles. The molecular weight excluding hydrogens is 244 g/mol. The van der Waals surface area contributed by atoms with Crippen LogP contribution < -0.4 is 5.32 Å². The van der Waals surface area contributed by atoms with E-state index >= 15 is 0 Å². The number of alkyl carbamates (subject to hydrolysis) is 1. The summed E-state index contributed by atoms with van der Waals surface area (Å²) >= 11 is 0. The van der Waals surface area contributed by atoms with E-state index < -0.39 is 11.7 Å². The Morgan fingerprint density at radius 3 is 2.21 bits per heavy atom. The summed E-state index contributed by atoms with van der Waals surface area (Å²) in [4.78, 5) is 25.2. The molecule has 0 aliphatic rings. The maximum atomic E-state index is 12.0. The molecule has 112 valence electrons. The van der Waals surface area contributed by atoms with Crippen molar-refractivity contribution in [3.8, 4) is 0 Å². The molecule has 5 nitrogen and oxygen atoms in total. The molecule has 0 aliphatic heterocycles. The number of likely N-dealkylation sites (N-methyl/N-ethyl adjacent to an activating group) is 1. The lowest BCUT2D eigenvalue weighted by Crippen LogP contribution is -2.45. The first kappa shape index (κ1) is 17.7. The first-order chi connectivity index (χ1) is 8.58. The Morgan fingerprint density at radius 2 is 1.79 bits per heavy atom. The quantitative estimate of drug-likeness (QED) is 0.836. The molecule has 0 aliphatic carbocycles. The largest absolute Gasteiger partial charge is 0.444 e. The second-order valence-corrected chi connectivity index (χ2v) is 5.99. The topological polar surface area (TPSA) is 58.6 Å². The molecule has 0 aromatic carbocycles. The Balaban J connectivity index is 4.21. The maximum Gasteiger partial charge on any atom is 0.407 e. The first-order valence-electron chi connectivity index (χ1n) is 6.82. The van der Waals surface area contributed by atoms with Crippen LogP contribution in [-0.4, -0.2) is 42.1 Å². The number of amides is 2. The molecule has 1 N–H and O–H groups in total. The van der Waals surface area contributed by atoms with Crippen LogP contribution in [0.4, 0.5) is 4.79 Å². The van der Waals surface area contributed by atoms with Gasteiger partial charge in [-0.3, -0.25) is 4.79 Å². The van der Waals surface area contributed by atoms with Crippen molar-refractivity contribution < 1.29 is 14.3 Å². The molecule has 0 heterocycles. The first-order valence-corrected chi connectivity index (χ1v) is 6.82. The lowest BCUT2D eigenvalue weighted by atomic mass is 10.1. The lowest BCUT2D eigenvalue weighted by Gasteiger charge is -2.28. The van der Waals surface area contributed by atoms with Crippen molar-refractivity contribution in [2.75, 3.05) is 13.6 Å². The van der Waals surface area contributed by atoms with Gasteiger partial charge in [0.2, 0.25) is 5.91 Å². The molecule has 0 bridgehead atoms. The zero-order valence-electron chi connectivity index (χ0n) is 13.2. The molecule has 5 heteroatoms. The fourth-order valence-corrected chi connectivity index (χ4v) is 1.42. The highest BCUT2D eigenvalue weighted by atomic mass is 16.6. The van der Waals surface area contributed by atoms with Gasteiger partial charge in [-0.15, -0.1) is 0 Å². The van der Waals surface area contributed by atoms with E-state index in [1.807, 2.05) is 41.5 Å². The molecule has 0 unspecified atom stereocenters. The smallest absolute Gasteiger partial charge is 0.407 e. The number of hydrogen-bond donors (Lipinski definition) is 1. The summed E-state index contributed by atoms with van der Waals surface area (Å²) < 4.78 is 5.14. The molecule has 0 aromatic rings. The molecule has 0 aromatic heterocycles. The van der Waals surface area contributed by atoms with E-state index in [2.05, 4.69) is 5.32 Å². The van der Waals surface area contributed by atoms with Gasteiger partial charge in [-0.2, -0.15) is 0 Å². The van der Waals surface area contributed by atoms with Crippen LogP contribution in [0.15, 0.2) is 0 Å². The van der Waals surface area contributed by atoms with Crippen molar-refractivity contribution in [2.24, 2.45) is 5.92 Å². The molecule has 0 radical (unpaired) electrons. The van der Waals surface area contributed by atoms with Gasteiger partial charge in [0.15, 0.2) is 0 Å². The highest BCUT2D eigenvalue weighted by Gasteiger charge is 2.21. The van der Waals surface area contributed by atoms with Crippen molar-refractivity contribution in [2.45, 2.75) is 59.6 Å². The summed E-state index contributed by atoms with van der Waals surface area (Å²) in [6, 6.07) is -0.0611. The summed E-state index contributed by atoms with van der Waals surface area (Å²) in [6.07, 6.45) is 0.360. The van der Waals surface area contributed by atoms with E-state index in [4.69, 9.17) is 4.74 Å². The van der Waals surface area contributed by atoms with Gasteiger partial charge in [0, 0.05) is 25.6 Å². The van der Waals surface area contributed by atoms with Crippen molar-refractivity contribution in [1.29, 1.82) is 0 Å². The fraction of sp³-hybridized carbons (Fsp3) is 0.857. The van der Waals surface area contributed by atoms with Crippen molar-refractivity contribution in [3.63, 3.8) is 0 Å². The van der Waals surface area contributed by atoms with Gasteiger partial charge >= 0.3 is 6.09 Å². The van der Waals surface area contributed by atoms with E-state index in [0.29, 0.717) is 6.54 Å². The van der Waals surface area contributed by atoms with Gasteiger partial charge in [-0.05, 0) is 34.1 Å². The second kappa shape index (κ2) is 7.36. The minimum atomic E-state index is -0.508. The standard InChI is InChI=1S/C14H28N2O3/c1-8-10(2)12(17)16(7)11(3)9-15-13(18)19-14(4,5)6/h10-11H,8-9H2,1-7H3,(H,15,18)/t10-,11-/m0/s1. The van der Waals surface area contributed by atoms with E-state index in [9.17, 15) is 9.59 Å².